The van der Waals surface area contributed by atoms with Crippen LogP contribution < -0.4 is 0 Å². The first-order valence-corrected chi connectivity index (χ1v) is 8.38. The summed E-state index contributed by atoms with van der Waals surface area (Å²) in [6.45, 7) is 3.58. The molecule has 2 aliphatic carbocycles. The highest BCUT2D eigenvalue weighted by atomic mass is 16.7. The van der Waals surface area contributed by atoms with Gasteiger partial charge in [-0.25, -0.2) is 4.79 Å². The Morgan fingerprint density at radius 3 is 1.86 bits per heavy atom. The van der Waals surface area contributed by atoms with Crippen molar-refractivity contribution in [2.45, 2.75) is 82.7 Å². The molecule has 4 heteroatoms. The van der Waals surface area contributed by atoms with Gasteiger partial charge in [0.25, 0.3) is 0 Å². The summed E-state index contributed by atoms with van der Waals surface area (Å²) >= 11 is 0. The van der Waals surface area contributed by atoms with E-state index in [0.29, 0.717) is 0 Å². The summed E-state index contributed by atoms with van der Waals surface area (Å²) in [7, 11) is 0. The third-order valence-corrected chi connectivity index (χ3v) is 4.32. The van der Waals surface area contributed by atoms with Gasteiger partial charge in [-0.05, 0) is 25.7 Å². The van der Waals surface area contributed by atoms with Crippen molar-refractivity contribution in [1.82, 2.24) is 0 Å². The number of ether oxygens (including phenoxy) is 3. The van der Waals surface area contributed by atoms with E-state index in [4.69, 9.17) is 14.2 Å². The topological polar surface area (TPSA) is 44.8 Å². The van der Waals surface area contributed by atoms with Gasteiger partial charge in [-0.15, -0.1) is 0 Å². The molecular weight excluding hydrogens is 268 g/mol. The maximum absolute atomic E-state index is 11.2. The molecule has 0 amide bonds. The Morgan fingerprint density at radius 1 is 0.952 bits per heavy atom. The lowest BCUT2D eigenvalue weighted by molar-refractivity contribution is -0.223. The van der Waals surface area contributed by atoms with E-state index in [9.17, 15) is 4.79 Å². The first-order valence-electron chi connectivity index (χ1n) is 8.38. The van der Waals surface area contributed by atoms with Crippen LogP contribution in [0.1, 0.15) is 64.2 Å². The maximum Gasteiger partial charge on any atom is 0.330 e. The molecular formula is C17H28O4. The van der Waals surface area contributed by atoms with Gasteiger partial charge < -0.3 is 14.2 Å². The lowest BCUT2D eigenvalue weighted by atomic mass is 9.97. The number of carbonyl (C=O) groups excluding carboxylic acids is 1. The van der Waals surface area contributed by atoms with Crippen molar-refractivity contribution in [3.05, 3.63) is 12.7 Å². The molecule has 2 aliphatic rings. The van der Waals surface area contributed by atoms with E-state index in [0.717, 1.165) is 25.7 Å². The van der Waals surface area contributed by atoms with Crippen LogP contribution in [0.2, 0.25) is 0 Å². The summed E-state index contributed by atoms with van der Waals surface area (Å²) in [5.41, 5.74) is 0. The van der Waals surface area contributed by atoms with E-state index < -0.39 is 12.3 Å². The van der Waals surface area contributed by atoms with Gasteiger partial charge >= 0.3 is 5.97 Å². The minimum atomic E-state index is -0.430. The second-order valence-corrected chi connectivity index (χ2v) is 6.06. The third-order valence-electron chi connectivity index (χ3n) is 4.32. The summed E-state index contributed by atoms with van der Waals surface area (Å²) in [6, 6.07) is 0. The molecule has 0 aromatic carbocycles. The van der Waals surface area contributed by atoms with Gasteiger partial charge in [0.15, 0.2) is 6.29 Å². The first kappa shape index (κ1) is 16.5. The third kappa shape index (κ3) is 6.18. The molecule has 0 unspecified atom stereocenters. The fourth-order valence-electron chi connectivity index (χ4n) is 3.15. The summed E-state index contributed by atoms with van der Waals surface area (Å²) in [5, 5.41) is 0. The predicted molar refractivity (Wildman–Crippen MR) is 80.9 cm³/mol. The van der Waals surface area contributed by atoms with Crippen molar-refractivity contribution in [2.75, 3.05) is 6.61 Å². The Labute approximate surface area is 127 Å². The number of hydrogen-bond donors (Lipinski definition) is 0. The standard InChI is InChI=1S/C17H28O4/c1-2-16(18)19-13-17(20-14-9-5-3-6-10-14)21-15-11-7-4-8-12-15/h2,14-15,17H,1,3-13H2. The van der Waals surface area contributed by atoms with Crippen molar-refractivity contribution in [3.63, 3.8) is 0 Å². The Balaban J connectivity index is 1.81. The highest BCUT2D eigenvalue weighted by Crippen LogP contribution is 2.25. The molecule has 21 heavy (non-hydrogen) atoms. The fourth-order valence-corrected chi connectivity index (χ4v) is 3.15. The molecule has 0 aliphatic heterocycles. The molecule has 4 nitrogen and oxygen atoms in total. The Bertz CT molecular complexity index is 297. The van der Waals surface area contributed by atoms with Crippen LogP contribution in [0.15, 0.2) is 12.7 Å². The predicted octanol–water partition coefficient (Wildman–Crippen LogP) is 3.74. The zero-order chi connectivity index (χ0) is 14.9. The molecule has 0 heterocycles. The van der Waals surface area contributed by atoms with Crippen molar-refractivity contribution in [1.29, 1.82) is 0 Å². The van der Waals surface area contributed by atoms with Crippen LogP contribution in [0.4, 0.5) is 0 Å². The molecule has 0 bridgehead atoms. The van der Waals surface area contributed by atoms with Crippen LogP contribution in [-0.2, 0) is 19.0 Å². The van der Waals surface area contributed by atoms with Crippen LogP contribution >= 0.6 is 0 Å². The summed E-state index contributed by atoms with van der Waals surface area (Å²) in [6.07, 6.45) is 13.0. The van der Waals surface area contributed by atoms with E-state index in [-0.39, 0.29) is 18.8 Å². The minimum absolute atomic E-state index is 0.165. The maximum atomic E-state index is 11.2. The average Bonchev–Trinajstić information content (AvgIpc) is 2.54. The van der Waals surface area contributed by atoms with Crippen molar-refractivity contribution >= 4 is 5.97 Å². The lowest BCUT2D eigenvalue weighted by Gasteiger charge is -2.31. The zero-order valence-electron chi connectivity index (χ0n) is 12.9. The van der Waals surface area contributed by atoms with Gasteiger partial charge in [-0.2, -0.15) is 0 Å². The average molecular weight is 296 g/mol. The van der Waals surface area contributed by atoms with Gasteiger partial charge in [-0.3, -0.25) is 0 Å². The molecule has 0 aromatic rings. The number of esters is 1. The molecule has 2 saturated carbocycles. The molecule has 0 radical (unpaired) electrons. The van der Waals surface area contributed by atoms with E-state index in [1.165, 1.54) is 44.6 Å². The van der Waals surface area contributed by atoms with Crippen molar-refractivity contribution in [2.24, 2.45) is 0 Å². The molecule has 2 fully saturated rings. The van der Waals surface area contributed by atoms with E-state index in [2.05, 4.69) is 6.58 Å². The second-order valence-electron chi connectivity index (χ2n) is 6.06. The van der Waals surface area contributed by atoms with E-state index in [1.54, 1.807) is 0 Å². The monoisotopic (exact) mass is 296 g/mol. The van der Waals surface area contributed by atoms with Crippen molar-refractivity contribution < 1.29 is 19.0 Å². The molecule has 0 saturated heterocycles. The number of hydrogen-bond acceptors (Lipinski definition) is 4. The normalized spacial score (nSPS) is 21.4. The molecule has 0 spiro atoms. The van der Waals surface area contributed by atoms with Crippen LogP contribution in [0.25, 0.3) is 0 Å². The van der Waals surface area contributed by atoms with E-state index in [1.807, 2.05) is 0 Å². The fraction of sp³-hybridized carbons (Fsp3) is 0.824. The van der Waals surface area contributed by atoms with Gasteiger partial charge in [0, 0.05) is 6.08 Å². The quantitative estimate of drug-likeness (QED) is 0.408. The largest absolute Gasteiger partial charge is 0.457 e. The van der Waals surface area contributed by atoms with Crippen LogP contribution in [0, 0.1) is 0 Å². The van der Waals surface area contributed by atoms with Gasteiger partial charge in [0.1, 0.15) is 6.61 Å². The lowest BCUT2D eigenvalue weighted by Crippen LogP contribution is -2.34. The highest BCUT2D eigenvalue weighted by molar-refractivity contribution is 5.81. The zero-order valence-corrected chi connectivity index (χ0v) is 12.9. The minimum Gasteiger partial charge on any atom is -0.457 e. The van der Waals surface area contributed by atoms with Gasteiger partial charge in [-0.1, -0.05) is 45.1 Å². The highest BCUT2D eigenvalue weighted by Gasteiger charge is 2.24. The summed E-state index contributed by atoms with van der Waals surface area (Å²) in [5.74, 6) is -0.417. The van der Waals surface area contributed by atoms with Gasteiger partial charge in [0.2, 0.25) is 0 Å². The Hall–Kier alpha value is -0.870. The molecule has 0 N–H and O–H groups in total. The smallest absolute Gasteiger partial charge is 0.330 e. The molecule has 120 valence electrons. The number of carbonyl (C=O) groups is 1. The van der Waals surface area contributed by atoms with Crippen molar-refractivity contribution in [3.8, 4) is 0 Å². The second kappa shape index (κ2) is 9.21. The molecule has 2 rings (SSSR count). The molecule has 0 aromatic heterocycles. The first-order chi connectivity index (χ1) is 10.3. The van der Waals surface area contributed by atoms with Crippen LogP contribution in [-0.4, -0.2) is 31.1 Å². The SMILES string of the molecule is C=CC(=O)OCC(OC1CCCCC1)OC1CCCCC1. The number of rotatable bonds is 7. The molecule has 0 atom stereocenters. The Morgan fingerprint density at radius 2 is 1.43 bits per heavy atom. The van der Waals surface area contributed by atoms with E-state index >= 15 is 0 Å². The van der Waals surface area contributed by atoms with Gasteiger partial charge in [0.05, 0.1) is 12.2 Å². The van der Waals surface area contributed by atoms with Crippen LogP contribution in [0.5, 0.6) is 0 Å². The summed E-state index contributed by atoms with van der Waals surface area (Å²) < 4.78 is 17.2. The van der Waals surface area contributed by atoms with Crippen LogP contribution in [0.3, 0.4) is 0 Å². The Kier molecular flexibility index (Phi) is 7.24. The summed E-state index contributed by atoms with van der Waals surface area (Å²) in [4.78, 5) is 11.2.